The van der Waals surface area contributed by atoms with Crippen LogP contribution in [-0.2, 0) is 22.4 Å². The SMILES string of the molecule is CCCC1C(=O)NC(=O)CC12CCc1cc(Br)ccc1C2. The lowest BCUT2D eigenvalue weighted by atomic mass is 9.60. The van der Waals surface area contributed by atoms with Gasteiger partial charge >= 0.3 is 0 Å². The number of halogens is 1. The lowest BCUT2D eigenvalue weighted by Crippen LogP contribution is -2.54. The molecule has 3 rings (SSSR count). The fourth-order valence-electron chi connectivity index (χ4n) is 4.02. The van der Waals surface area contributed by atoms with Gasteiger partial charge in [0.2, 0.25) is 11.8 Å². The molecule has 0 saturated carbocycles. The van der Waals surface area contributed by atoms with Gasteiger partial charge in [-0.2, -0.15) is 0 Å². The third-order valence-electron chi connectivity index (χ3n) is 5.01. The molecule has 1 N–H and O–H groups in total. The van der Waals surface area contributed by atoms with Crippen molar-refractivity contribution in [3.05, 3.63) is 33.8 Å². The quantitative estimate of drug-likeness (QED) is 0.831. The topological polar surface area (TPSA) is 46.2 Å². The summed E-state index contributed by atoms with van der Waals surface area (Å²) in [7, 11) is 0. The number of nitrogens with one attached hydrogen (secondary N) is 1. The molecule has 3 nitrogen and oxygen atoms in total. The van der Waals surface area contributed by atoms with E-state index in [1.165, 1.54) is 11.1 Å². The van der Waals surface area contributed by atoms with Crippen molar-refractivity contribution in [1.82, 2.24) is 5.32 Å². The highest BCUT2D eigenvalue weighted by atomic mass is 79.9. The molecule has 1 aromatic carbocycles. The zero-order valence-corrected chi connectivity index (χ0v) is 13.8. The van der Waals surface area contributed by atoms with Gasteiger partial charge in [0.1, 0.15) is 0 Å². The highest BCUT2D eigenvalue weighted by molar-refractivity contribution is 9.10. The average Bonchev–Trinajstić information content (AvgIpc) is 2.43. The second kappa shape index (κ2) is 5.56. The number of aryl methyl sites for hydroxylation is 1. The molecule has 2 aliphatic rings. The Hall–Kier alpha value is -1.16. The lowest BCUT2D eigenvalue weighted by molar-refractivity contribution is -0.144. The van der Waals surface area contributed by atoms with E-state index in [9.17, 15) is 9.59 Å². The number of amides is 2. The van der Waals surface area contributed by atoms with Crippen molar-refractivity contribution in [1.29, 1.82) is 0 Å². The first-order valence-electron chi connectivity index (χ1n) is 7.65. The number of carbonyl (C=O) groups is 2. The molecule has 4 heteroatoms. The summed E-state index contributed by atoms with van der Waals surface area (Å²) in [6.45, 7) is 2.10. The van der Waals surface area contributed by atoms with E-state index in [-0.39, 0.29) is 23.1 Å². The summed E-state index contributed by atoms with van der Waals surface area (Å²) in [4.78, 5) is 24.2. The Morgan fingerprint density at radius 3 is 2.86 bits per heavy atom. The van der Waals surface area contributed by atoms with Crippen LogP contribution in [0.15, 0.2) is 22.7 Å². The largest absolute Gasteiger partial charge is 0.296 e. The molecule has 2 amide bonds. The smallest absolute Gasteiger partial charge is 0.230 e. The molecule has 1 saturated heterocycles. The molecule has 21 heavy (non-hydrogen) atoms. The maximum absolute atomic E-state index is 12.3. The summed E-state index contributed by atoms with van der Waals surface area (Å²) in [5.74, 6) is -0.196. The summed E-state index contributed by atoms with van der Waals surface area (Å²) in [6, 6.07) is 6.36. The van der Waals surface area contributed by atoms with E-state index < -0.39 is 0 Å². The van der Waals surface area contributed by atoms with Gasteiger partial charge in [-0.05, 0) is 54.4 Å². The average molecular weight is 350 g/mol. The molecule has 0 aromatic heterocycles. The van der Waals surface area contributed by atoms with Gasteiger partial charge in [-0.3, -0.25) is 14.9 Å². The molecule has 1 aromatic rings. The van der Waals surface area contributed by atoms with Crippen LogP contribution >= 0.6 is 15.9 Å². The minimum atomic E-state index is -0.170. The van der Waals surface area contributed by atoms with Crippen LogP contribution < -0.4 is 5.32 Å². The van der Waals surface area contributed by atoms with Gasteiger partial charge in [0.15, 0.2) is 0 Å². The molecule has 0 bridgehead atoms. The predicted octanol–water partition coefficient (Wildman–Crippen LogP) is 3.39. The first-order valence-corrected chi connectivity index (χ1v) is 8.44. The fraction of sp³-hybridized carbons (Fsp3) is 0.529. The monoisotopic (exact) mass is 349 g/mol. The van der Waals surface area contributed by atoms with E-state index >= 15 is 0 Å². The number of hydrogen-bond acceptors (Lipinski definition) is 2. The predicted molar refractivity (Wildman–Crippen MR) is 84.8 cm³/mol. The third-order valence-corrected chi connectivity index (χ3v) is 5.50. The maximum Gasteiger partial charge on any atom is 0.230 e. The molecule has 2 atom stereocenters. The number of rotatable bonds is 2. The molecule has 112 valence electrons. The Morgan fingerprint density at radius 2 is 2.10 bits per heavy atom. The van der Waals surface area contributed by atoms with Gasteiger partial charge in [0.25, 0.3) is 0 Å². The van der Waals surface area contributed by atoms with Crippen LogP contribution in [-0.4, -0.2) is 11.8 Å². The van der Waals surface area contributed by atoms with Crippen LogP contribution in [0, 0.1) is 11.3 Å². The van der Waals surface area contributed by atoms with Crippen molar-refractivity contribution in [2.45, 2.75) is 45.4 Å². The van der Waals surface area contributed by atoms with E-state index in [0.717, 1.165) is 36.6 Å². The van der Waals surface area contributed by atoms with Crippen molar-refractivity contribution in [2.75, 3.05) is 0 Å². The summed E-state index contributed by atoms with van der Waals surface area (Å²) in [5.41, 5.74) is 2.48. The summed E-state index contributed by atoms with van der Waals surface area (Å²) in [6.07, 6.45) is 5.06. The standard InChI is InChI=1S/C17H20BrNO2/c1-2-3-14-16(21)19-15(20)10-17(14)7-6-11-8-13(18)5-4-12(11)9-17/h4-5,8,14H,2-3,6-7,9-10H2,1H3,(H,19,20,21). The molecule has 1 heterocycles. The molecule has 1 aliphatic heterocycles. The molecular weight excluding hydrogens is 330 g/mol. The van der Waals surface area contributed by atoms with Crippen LogP contribution in [0.25, 0.3) is 0 Å². The Labute approximate surface area is 133 Å². The van der Waals surface area contributed by atoms with Gasteiger partial charge < -0.3 is 0 Å². The van der Waals surface area contributed by atoms with Gasteiger partial charge in [0.05, 0.1) is 0 Å². The highest BCUT2D eigenvalue weighted by Crippen LogP contribution is 2.48. The molecule has 1 fully saturated rings. The van der Waals surface area contributed by atoms with Gasteiger partial charge in [-0.25, -0.2) is 0 Å². The fourth-order valence-corrected chi connectivity index (χ4v) is 4.42. The Balaban J connectivity index is 1.96. The van der Waals surface area contributed by atoms with Crippen LogP contribution in [0.2, 0.25) is 0 Å². The van der Waals surface area contributed by atoms with Crippen LogP contribution in [0.4, 0.5) is 0 Å². The second-order valence-electron chi connectivity index (χ2n) is 6.38. The van der Waals surface area contributed by atoms with E-state index in [4.69, 9.17) is 0 Å². The van der Waals surface area contributed by atoms with Gasteiger partial charge in [-0.1, -0.05) is 35.3 Å². The number of benzene rings is 1. The number of imide groups is 1. The van der Waals surface area contributed by atoms with E-state index in [1.54, 1.807) is 0 Å². The van der Waals surface area contributed by atoms with Gasteiger partial charge in [-0.15, -0.1) is 0 Å². The molecule has 1 aliphatic carbocycles. The van der Waals surface area contributed by atoms with Crippen LogP contribution in [0.5, 0.6) is 0 Å². The lowest BCUT2D eigenvalue weighted by Gasteiger charge is -2.45. The Morgan fingerprint density at radius 1 is 1.29 bits per heavy atom. The molecule has 2 unspecified atom stereocenters. The van der Waals surface area contributed by atoms with E-state index in [2.05, 4.69) is 46.4 Å². The molecule has 0 radical (unpaired) electrons. The first-order chi connectivity index (χ1) is 10.0. The van der Waals surface area contributed by atoms with Crippen molar-refractivity contribution in [2.24, 2.45) is 11.3 Å². The van der Waals surface area contributed by atoms with Crippen LogP contribution in [0.3, 0.4) is 0 Å². The highest BCUT2D eigenvalue weighted by Gasteiger charge is 2.49. The number of carbonyl (C=O) groups excluding carboxylic acids is 2. The Kier molecular flexibility index (Phi) is 3.91. The van der Waals surface area contributed by atoms with Crippen molar-refractivity contribution in [3.8, 4) is 0 Å². The zero-order valence-electron chi connectivity index (χ0n) is 12.2. The number of hydrogen-bond donors (Lipinski definition) is 1. The first kappa shape index (κ1) is 14.8. The number of piperidine rings is 1. The zero-order chi connectivity index (χ0) is 15.0. The van der Waals surface area contributed by atoms with Crippen molar-refractivity contribution < 1.29 is 9.59 Å². The summed E-state index contributed by atoms with van der Waals surface area (Å²) < 4.78 is 1.10. The second-order valence-corrected chi connectivity index (χ2v) is 7.30. The third kappa shape index (κ3) is 2.66. The normalized spacial score (nSPS) is 28.4. The summed E-state index contributed by atoms with van der Waals surface area (Å²) in [5, 5.41) is 2.53. The number of fused-ring (bicyclic) bond motifs is 1. The Bertz CT molecular complexity index is 598. The van der Waals surface area contributed by atoms with Crippen molar-refractivity contribution >= 4 is 27.7 Å². The van der Waals surface area contributed by atoms with Gasteiger partial charge in [0, 0.05) is 16.8 Å². The minimum absolute atomic E-state index is 0.0306. The van der Waals surface area contributed by atoms with Crippen molar-refractivity contribution in [3.63, 3.8) is 0 Å². The van der Waals surface area contributed by atoms with Crippen LogP contribution in [0.1, 0.15) is 43.7 Å². The summed E-state index contributed by atoms with van der Waals surface area (Å²) >= 11 is 3.52. The molecular formula is C17H20BrNO2. The minimum Gasteiger partial charge on any atom is -0.296 e. The maximum atomic E-state index is 12.3. The van der Waals surface area contributed by atoms with E-state index in [0.29, 0.717) is 6.42 Å². The van der Waals surface area contributed by atoms with E-state index in [1.807, 2.05) is 0 Å². The molecule has 1 spiro atoms.